The highest BCUT2D eigenvalue weighted by molar-refractivity contribution is 5.64. The summed E-state index contributed by atoms with van der Waals surface area (Å²) in [5, 5.41) is 14.7. The van der Waals surface area contributed by atoms with Crippen molar-refractivity contribution in [1.82, 2.24) is 15.0 Å². The summed E-state index contributed by atoms with van der Waals surface area (Å²) in [4.78, 5) is 12.3. The lowest BCUT2D eigenvalue weighted by Crippen LogP contribution is -2.06. The molecule has 0 fully saturated rings. The maximum Gasteiger partial charge on any atom is 0.322 e. The Hall–Kier alpha value is -3.08. The number of nitrogens with one attached hydrogen (secondary N) is 2. The van der Waals surface area contributed by atoms with Crippen molar-refractivity contribution in [2.24, 2.45) is 0 Å². The van der Waals surface area contributed by atoms with E-state index in [1.54, 1.807) is 25.2 Å². The van der Waals surface area contributed by atoms with Crippen molar-refractivity contribution in [3.8, 4) is 17.8 Å². The summed E-state index contributed by atoms with van der Waals surface area (Å²) in [5.41, 5.74) is 1.13. The van der Waals surface area contributed by atoms with E-state index in [2.05, 4.69) is 31.7 Å². The van der Waals surface area contributed by atoms with Gasteiger partial charge in [-0.2, -0.15) is 20.2 Å². The molecule has 0 radical (unpaired) electrons. The molecule has 2 rings (SSSR count). The molecule has 8 heteroatoms. The number of benzene rings is 1. The van der Waals surface area contributed by atoms with Crippen LogP contribution in [0.5, 0.6) is 11.8 Å². The Morgan fingerprint density at radius 3 is 2.48 bits per heavy atom. The van der Waals surface area contributed by atoms with Gasteiger partial charge in [0.15, 0.2) is 0 Å². The van der Waals surface area contributed by atoms with Gasteiger partial charge in [0.2, 0.25) is 11.9 Å². The fourth-order valence-electron chi connectivity index (χ4n) is 1.60. The normalized spacial score (nSPS) is 9.62. The minimum absolute atomic E-state index is 0.185. The Bertz CT molecular complexity index is 661. The molecule has 0 aliphatic carbocycles. The predicted octanol–water partition coefficient (Wildman–Crippen LogP) is 1.55. The number of methoxy groups -OCH3 is 2. The maximum absolute atomic E-state index is 8.89. The van der Waals surface area contributed by atoms with E-state index in [1.807, 2.05) is 0 Å². The molecule has 8 nitrogen and oxygen atoms in total. The van der Waals surface area contributed by atoms with E-state index in [0.717, 1.165) is 0 Å². The number of nitriles is 1. The van der Waals surface area contributed by atoms with Crippen molar-refractivity contribution in [3.63, 3.8) is 0 Å². The molecule has 0 saturated carbocycles. The van der Waals surface area contributed by atoms with Crippen LogP contribution in [0.15, 0.2) is 18.2 Å². The number of aromatic nitrogens is 3. The van der Waals surface area contributed by atoms with Crippen LogP contribution >= 0.6 is 0 Å². The van der Waals surface area contributed by atoms with E-state index in [1.165, 1.54) is 14.2 Å². The van der Waals surface area contributed by atoms with E-state index < -0.39 is 0 Å². The van der Waals surface area contributed by atoms with Gasteiger partial charge in [-0.15, -0.1) is 0 Å². The van der Waals surface area contributed by atoms with E-state index in [9.17, 15) is 0 Å². The van der Waals surface area contributed by atoms with Crippen LogP contribution in [0.4, 0.5) is 17.6 Å². The molecule has 1 aromatic carbocycles. The highest BCUT2D eigenvalue weighted by atomic mass is 16.5. The molecule has 0 aliphatic rings. The first-order valence-corrected chi connectivity index (χ1v) is 6.03. The van der Waals surface area contributed by atoms with Gasteiger partial charge in [-0.1, -0.05) is 0 Å². The van der Waals surface area contributed by atoms with Crippen LogP contribution in [0, 0.1) is 11.3 Å². The molecule has 0 saturated heterocycles. The highest BCUT2D eigenvalue weighted by Crippen LogP contribution is 2.28. The molecule has 21 heavy (non-hydrogen) atoms. The second-order valence-electron chi connectivity index (χ2n) is 3.87. The topological polar surface area (TPSA) is 105 Å². The predicted molar refractivity (Wildman–Crippen MR) is 76.9 cm³/mol. The van der Waals surface area contributed by atoms with Crippen LogP contribution in [-0.2, 0) is 0 Å². The van der Waals surface area contributed by atoms with Gasteiger partial charge in [-0.05, 0) is 12.1 Å². The van der Waals surface area contributed by atoms with Gasteiger partial charge >= 0.3 is 6.01 Å². The average Bonchev–Trinajstić information content (AvgIpc) is 2.54. The van der Waals surface area contributed by atoms with Crippen LogP contribution in [0.3, 0.4) is 0 Å². The summed E-state index contributed by atoms with van der Waals surface area (Å²) < 4.78 is 10.3. The van der Waals surface area contributed by atoms with Gasteiger partial charge < -0.3 is 20.1 Å². The summed E-state index contributed by atoms with van der Waals surface area (Å²) in [6, 6.07) is 7.24. The molecule has 0 unspecified atom stereocenters. The molecule has 2 aromatic rings. The smallest absolute Gasteiger partial charge is 0.322 e. The average molecular weight is 286 g/mol. The van der Waals surface area contributed by atoms with Gasteiger partial charge in [-0.3, -0.25) is 0 Å². The van der Waals surface area contributed by atoms with Crippen molar-refractivity contribution in [2.45, 2.75) is 0 Å². The standard InChI is InChI=1S/C13H14N6O2/c1-15-11-17-12(19-13(18-11)21-3)16-9-5-4-8(7-14)6-10(9)20-2/h4-6H,1-3H3,(H2,15,16,17,18,19). The van der Waals surface area contributed by atoms with E-state index in [0.29, 0.717) is 28.9 Å². The first-order chi connectivity index (χ1) is 10.2. The molecule has 108 valence electrons. The van der Waals surface area contributed by atoms with Gasteiger partial charge in [0.25, 0.3) is 0 Å². The van der Waals surface area contributed by atoms with E-state index in [-0.39, 0.29) is 6.01 Å². The summed E-state index contributed by atoms with van der Waals surface area (Å²) in [5.74, 6) is 1.19. The third-order valence-electron chi connectivity index (χ3n) is 2.60. The van der Waals surface area contributed by atoms with Crippen molar-refractivity contribution < 1.29 is 9.47 Å². The molecule has 0 aliphatic heterocycles. The Morgan fingerprint density at radius 1 is 1.10 bits per heavy atom. The molecule has 0 bridgehead atoms. The molecule has 0 atom stereocenters. The van der Waals surface area contributed by atoms with Crippen LogP contribution in [0.1, 0.15) is 5.56 Å². The summed E-state index contributed by atoms with van der Waals surface area (Å²) >= 11 is 0. The molecule has 0 amide bonds. The molecule has 1 aromatic heterocycles. The zero-order chi connectivity index (χ0) is 15.2. The second-order valence-corrected chi connectivity index (χ2v) is 3.87. The van der Waals surface area contributed by atoms with Gasteiger partial charge in [0, 0.05) is 13.1 Å². The van der Waals surface area contributed by atoms with Crippen LogP contribution in [0.25, 0.3) is 0 Å². The van der Waals surface area contributed by atoms with Crippen molar-refractivity contribution in [2.75, 3.05) is 31.9 Å². The third-order valence-corrected chi connectivity index (χ3v) is 2.60. The van der Waals surface area contributed by atoms with Crippen LogP contribution in [0.2, 0.25) is 0 Å². The zero-order valence-electron chi connectivity index (χ0n) is 11.8. The molecule has 1 heterocycles. The SMILES string of the molecule is CNc1nc(Nc2ccc(C#N)cc2OC)nc(OC)n1. The minimum atomic E-state index is 0.185. The fourth-order valence-corrected chi connectivity index (χ4v) is 1.60. The molecular formula is C13H14N6O2. The lowest BCUT2D eigenvalue weighted by Gasteiger charge is -2.11. The highest BCUT2D eigenvalue weighted by Gasteiger charge is 2.09. The summed E-state index contributed by atoms with van der Waals surface area (Å²) in [6.45, 7) is 0. The molecule has 0 spiro atoms. The maximum atomic E-state index is 8.89. The Morgan fingerprint density at radius 2 is 1.86 bits per heavy atom. The van der Waals surface area contributed by atoms with Gasteiger partial charge in [0.1, 0.15) is 5.75 Å². The number of hydrogen-bond acceptors (Lipinski definition) is 8. The summed E-state index contributed by atoms with van der Waals surface area (Å²) in [7, 11) is 4.69. The van der Waals surface area contributed by atoms with Crippen molar-refractivity contribution in [3.05, 3.63) is 23.8 Å². The van der Waals surface area contributed by atoms with Crippen molar-refractivity contribution in [1.29, 1.82) is 5.26 Å². The lowest BCUT2D eigenvalue weighted by atomic mass is 10.2. The van der Waals surface area contributed by atoms with Gasteiger partial charge in [0.05, 0.1) is 31.5 Å². The first kappa shape index (κ1) is 14.3. The Labute approximate surface area is 121 Å². The van der Waals surface area contributed by atoms with Crippen LogP contribution < -0.4 is 20.1 Å². The monoisotopic (exact) mass is 286 g/mol. The Balaban J connectivity index is 2.35. The number of anilines is 3. The largest absolute Gasteiger partial charge is 0.495 e. The number of hydrogen-bond donors (Lipinski definition) is 2. The zero-order valence-corrected chi connectivity index (χ0v) is 11.8. The Kier molecular flexibility index (Phi) is 4.36. The van der Waals surface area contributed by atoms with Gasteiger partial charge in [-0.25, -0.2) is 0 Å². The van der Waals surface area contributed by atoms with E-state index >= 15 is 0 Å². The minimum Gasteiger partial charge on any atom is -0.495 e. The third kappa shape index (κ3) is 3.27. The number of nitrogens with zero attached hydrogens (tertiary/aromatic N) is 4. The van der Waals surface area contributed by atoms with Crippen molar-refractivity contribution >= 4 is 17.6 Å². The first-order valence-electron chi connectivity index (χ1n) is 6.03. The van der Waals surface area contributed by atoms with Crippen LogP contribution in [-0.4, -0.2) is 36.2 Å². The quantitative estimate of drug-likeness (QED) is 0.852. The fraction of sp³-hybridized carbons (Fsp3) is 0.231. The second kappa shape index (κ2) is 6.38. The number of ether oxygens (including phenoxy) is 2. The summed E-state index contributed by atoms with van der Waals surface area (Å²) in [6.07, 6.45) is 0. The number of rotatable bonds is 5. The molecular weight excluding hydrogens is 272 g/mol. The van der Waals surface area contributed by atoms with E-state index in [4.69, 9.17) is 14.7 Å². The lowest BCUT2D eigenvalue weighted by molar-refractivity contribution is 0.379. The molecule has 2 N–H and O–H groups in total.